The third-order valence-electron chi connectivity index (χ3n) is 7.73. The first kappa shape index (κ1) is 44.7. The Morgan fingerprint density at radius 2 is 0.913 bits per heavy atom. The molecule has 0 rings (SSSR count). The van der Waals surface area contributed by atoms with Crippen LogP contribution < -0.4 is 0 Å². The first-order chi connectivity index (χ1) is 22.3. The van der Waals surface area contributed by atoms with Gasteiger partial charge in [-0.2, -0.15) is 0 Å². The van der Waals surface area contributed by atoms with Crippen molar-refractivity contribution in [2.45, 2.75) is 174 Å². The summed E-state index contributed by atoms with van der Waals surface area (Å²) in [6.07, 6.45) is 26.2. The summed E-state index contributed by atoms with van der Waals surface area (Å²) in [5.41, 5.74) is 0. The maximum absolute atomic E-state index is 12.3. The topological polar surface area (TPSA) is 149 Å². The van der Waals surface area contributed by atoms with Crippen molar-refractivity contribution in [2.75, 3.05) is 26.4 Å². The first-order valence-corrected chi connectivity index (χ1v) is 19.6. The van der Waals surface area contributed by atoms with Gasteiger partial charge in [0.05, 0.1) is 26.4 Å². The van der Waals surface area contributed by atoms with Crippen LogP contribution >= 0.6 is 7.82 Å². The van der Waals surface area contributed by atoms with Crippen molar-refractivity contribution in [1.29, 1.82) is 0 Å². The second-order valence-electron chi connectivity index (χ2n) is 12.2. The summed E-state index contributed by atoms with van der Waals surface area (Å²) in [6, 6.07) is 0. The van der Waals surface area contributed by atoms with E-state index in [2.05, 4.69) is 26.0 Å². The van der Waals surface area contributed by atoms with E-state index in [1.165, 1.54) is 64.2 Å². The van der Waals surface area contributed by atoms with Crippen molar-refractivity contribution < 1.29 is 47.8 Å². The highest BCUT2D eigenvalue weighted by molar-refractivity contribution is 7.47. The SMILES string of the molecule is CCCC/C=C\CCCCCCCC(=O)OC(CO)COP(=O)(O)OCC(CO)OC(=O)CCCCCCCCCCCCCC. The van der Waals surface area contributed by atoms with Crippen molar-refractivity contribution in [1.82, 2.24) is 0 Å². The molecule has 0 aliphatic heterocycles. The predicted molar refractivity (Wildman–Crippen MR) is 182 cm³/mol. The van der Waals surface area contributed by atoms with Crippen molar-refractivity contribution >= 4 is 19.8 Å². The molecule has 10 nitrogen and oxygen atoms in total. The molecule has 0 aliphatic carbocycles. The third kappa shape index (κ3) is 30.1. The number of esters is 2. The van der Waals surface area contributed by atoms with Crippen LogP contribution in [0.15, 0.2) is 12.2 Å². The number of unbranched alkanes of at least 4 members (excludes halogenated alkanes) is 18. The van der Waals surface area contributed by atoms with E-state index in [4.69, 9.17) is 18.5 Å². The van der Waals surface area contributed by atoms with Gasteiger partial charge in [0.25, 0.3) is 0 Å². The lowest BCUT2D eigenvalue weighted by molar-refractivity contribution is -0.153. The Bertz CT molecular complexity index is 791. The fourth-order valence-corrected chi connectivity index (χ4v) is 5.64. The molecule has 0 saturated carbocycles. The average molecular weight is 679 g/mol. The fourth-order valence-electron chi connectivity index (χ4n) is 4.86. The molecule has 11 heteroatoms. The summed E-state index contributed by atoms with van der Waals surface area (Å²) < 4.78 is 32.3. The standard InChI is InChI=1S/C35H67O10P/c1-3-5-7-9-11-13-15-17-19-21-23-25-27-35(39)45-33(29-37)31-43-46(40,41)42-30-32(28-36)44-34(38)26-24-22-20-18-16-14-12-10-8-6-4-2/h10,12,32-33,36-37H,3-9,11,13-31H2,1-2H3,(H,40,41)/b12-10-. The number of hydrogen-bond acceptors (Lipinski definition) is 9. The van der Waals surface area contributed by atoms with E-state index >= 15 is 0 Å². The van der Waals surface area contributed by atoms with Crippen molar-refractivity contribution in [3.63, 3.8) is 0 Å². The highest BCUT2D eigenvalue weighted by atomic mass is 31.2. The maximum atomic E-state index is 12.3. The Morgan fingerprint density at radius 3 is 1.30 bits per heavy atom. The van der Waals surface area contributed by atoms with Gasteiger partial charge in [0.1, 0.15) is 12.2 Å². The van der Waals surface area contributed by atoms with Gasteiger partial charge in [-0.25, -0.2) is 4.57 Å². The molecule has 0 spiro atoms. The second-order valence-corrected chi connectivity index (χ2v) is 13.7. The Morgan fingerprint density at radius 1 is 0.565 bits per heavy atom. The molecule has 3 atom stereocenters. The second kappa shape index (κ2) is 32.3. The largest absolute Gasteiger partial charge is 0.472 e. The van der Waals surface area contributed by atoms with E-state index in [0.717, 1.165) is 57.8 Å². The number of hydrogen-bond donors (Lipinski definition) is 3. The Balaban J connectivity index is 4.01. The van der Waals surface area contributed by atoms with Gasteiger partial charge in [-0.3, -0.25) is 18.6 Å². The Hall–Kier alpha value is -1.29. The molecule has 0 fully saturated rings. The van der Waals surface area contributed by atoms with Crippen LogP contribution in [0.1, 0.15) is 162 Å². The Kier molecular flexibility index (Phi) is 31.4. The maximum Gasteiger partial charge on any atom is 0.472 e. The summed E-state index contributed by atoms with van der Waals surface area (Å²) in [4.78, 5) is 34.2. The van der Waals surface area contributed by atoms with E-state index in [1.54, 1.807) is 0 Å². The Labute approximate surface area is 279 Å². The minimum absolute atomic E-state index is 0.184. The number of phosphoric acid groups is 1. The summed E-state index contributed by atoms with van der Waals surface area (Å²) >= 11 is 0. The highest BCUT2D eigenvalue weighted by Crippen LogP contribution is 2.43. The smallest absolute Gasteiger partial charge is 0.457 e. The zero-order valence-corrected chi connectivity index (χ0v) is 29.9. The third-order valence-corrected chi connectivity index (χ3v) is 8.68. The van der Waals surface area contributed by atoms with Crippen LogP contribution in [0, 0.1) is 0 Å². The molecule has 0 aromatic carbocycles. The molecule has 3 N–H and O–H groups in total. The van der Waals surface area contributed by atoms with Crippen LogP contribution in [0.5, 0.6) is 0 Å². The van der Waals surface area contributed by atoms with Crippen LogP contribution in [-0.4, -0.2) is 65.7 Å². The molecule has 0 aliphatic rings. The summed E-state index contributed by atoms with van der Waals surface area (Å²) in [6.45, 7) is 2.13. The van der Waals surface area contributed by atoms with Gasteiger partial charge >= 0.3 is 19.8 Å². The lowest BCUT2D eigenvalue weighted by Crippen LogP contribution is -2.28. The van der Waals surface area contributed by atoms with Gasteiger partial charge in [0, 0.05) is 12.8 Å². The number of ether oxygens (including phenoxy) is 2. The number of allylic oxidation sites excluding steroid dienone is 2. The van der Waals surface area contributed by atoms with Crippen LogP contribution in [0.3, 0.4) is 0 Å². The van der Waals surface area contributed by atoms with Gasteiger partial charge in [-0.05, 0) is 32.1 Å². The fraction of sp³-hybridized carbons (Fsp3) is 0.886. The van der Waals surface area contributed by atoms with Gasteiger partial charge in [0.15, 0.2) is 0 Å². The van der Waals surface area contributed by atoms with Crippen LogP contribution in [0.2, 0.25) is 0 Å². The zero-order valence-electron chi connectivity index (χ0n) is 29.0. The van der Waals surface area contributed by atoms with Crippen molar-refractivity contribution in [3.05, 3.63) is 12.2 Å². The number of aliphatic hydroxyl groups excluding tert-OH is 2. The van der Waals surface area contributed by atoms with E-state index in [0.29, 0.717) is 12.8 Å². The average Bonchev–Trinajstić information content (AvgIpc) is 3.04. The van der Waals surface area contributed by atoms with Crippen molar-refractivity contribution in [3.8, 4) is 0 Å². The highest BCUT2D eigenvalue weighted by Gasteiger charge is 2.27. The predicted octanol–water partition coefficient (Wildman–Crippen LogP) is 8.50. The summed E-state index contributed by atoms with van der Waals surface area (Å²) in [5.74, 6) is -1.03. The molecule has 0 radical (unpaired) electrons. The summed E-state index contributed by atoms with van der Waals surface area (Å²) in [7, 11) is -4.62. The van der Waals surface area contributed by atoms with E-state index in [9.17, 15) is 29.3 Å². The molecule has 3 unspecified atom stereocenters. The van der Waals surface area contributed by atoms with E-state index in [-0.39, 0.29) is 12.8 Å². The lowest BCUT2D eigenvalue weighted by atomic mass is 10.0. The van der Waals surface area contributed by atoms with E-state index < -0.39 is 58.4 Å². The van der Waals surface area contributed by atoms with E-state index in [1.807, 2.05) is 0 Å². The lowest BCUT2D eigenvalue weighted by Gasteiger charge is -2.20. The van der Waals surface area contributed by atoms with Gasteiger partial charge < -0.3 is 24.6 Å². The van der Waals surface area contributed by atoms with Crippen LogP contribution in [0.25, 0.3) is 0 Å². The molecule has 46 heavy (non-hydrogen) atoms. The van der Waals surface area contributed by atoms with Gasteiger partial charge in [0.2, 0.25) is 0 Å². The number of carbonyl (C=O) groups is 2. The van der Waals surface area contributed by atoms with Crippen molar-refractivity contribution in [2.24, 2.45) is 0 Å². The molecule has 0 amide bonds. The molecule has 0 saturated heterocycles. The van der Waals surface area contributed by atoms with Crippen LogP contribution in [-0.2, 0) is 32.7 Å². The molecule has 0 aromatic rings. The molecule has 272 valence electrons. The molecular weight excluding hydrogens is 611 g/mol. The molecular formula is C35H67O10P. The van der Waals surface area contributed by atoms with Gasteiger partial charge in [-0.15, -0.1) is 0 Å². The number of aliphatic hydroxyl groups is 2. The summed E-state index contributed by atoms with van der Waals surface area (Å²) in [5, 5.41) is 19.0. The monoisotopic (exact) mass is 678 g/mol. The number of rotatable bonds is 34. The molecule has 0 heterocycles. The minimum atomic E-state index is -4.62. The van der Waals surface area contributed by atoms with Gasteiger partial charge in [-0.1, -0.05) is 129 Å². The first-order valence-electron chi connectivity index (χ1n) is 18.1. The molecule has 0 bridgehead atoms. The van der Waals surface area contributed by atoms with Crippen LogP contribution in [0.4, 0.5) is 0 Å². The molecule has 0 aromatic heterocycles. The minimum Gasteiger partial charge on any atom is -0.457 e. The number of carbonyl (C=O) groups excluding carboxylic acids is 2. The quantitative estimate of drug-likeness (QED) is 0.0262. The normalized spacial score (nSPS) is 14.3. The zero-order chi connectivity index (χ0) is 34.1. The number of phosphoric ester groups is 1.